The van der Waals surface area contributed by atoms with Crippen LogP contribution < -0.4 is 0 Å². The highest BCUT2D eigenvalue weighted by molar-refractivity contribution is 5.14. The molecule has 0 N–H and O–H groups in total. The molecule has 94 valence electrons. The summed E-state index contributed by atoms with van der Waals surface area (Å²) in [5.74, 6) is -0.223. The second kappa shape index (κ2) is 5.08. The van der Waals surface area contributed by atoms with E-state index in [-0.39, 0.29) is 5.92 Å². The molecule has 0 amide bonds. The number of halogens is 3. The van der Waals surface area contributed by atoms with Crippen molar-refractivity contribution in [1.29, 1.82) is 0 Å². The minimum absolute atomic E-state index is 0.223. The number of alkyl halides is 3. The maximum atomic E-state index is 12.2. The van der Waals surface area contributed by atoms with Gasteiger partial charge in [0.25, 0.3) is 0 Å². The fourth-order valence-electron chi connectivity index (χ4n) is 2.39. The fourth-order valence-corrected chi connectivity index (χ4v) is 2.39. The predicted molar refractivity (Wildman–Crippen MR) is 60.5 cm³/mol. The van der Waals surface area contributed by atoms with E-state index in [0.29, 0.717) is 13.0 Å². The van der Waals surface area contributed by atoms with Crippen LogP contribution >= 0.6 is 0 Å². The maximum absolute atomic E-state index is 12.2. The van der Waals surface area contributed by atoms with Crippen molar-refractivity contribution in [2.24, 2.45) is 5.92 Å². The highest BCUT2D eigenvalue weighted by Crippen LogP contribution is 2.30. The second-order valence-corrected chi connectivity index (χ2v) is 4.69. The van der Waals surface area contributed by atoms with Gasteiger partial charge in [0.1, 0.15) is 0 Å². The van der Waals surface area contributed by atoms with E-state index in [0.717, 1.165) is 13.1 Å². The maximum Gasteiger partial charge on any atom is 0.389 e. The molecule has 0 spiro atoms. The Hall–Kier alpha value is -1.03. The van der Waals surface area contributed by atoms with E-state index in [4.69, 9.17) is 0 Å². The summed E-state index contributed by atoms with van der Waals surface area (Å²) in [6.45, 7) is 2.10. The van der Waals surface area contributed by atoms with E-state index < -0.39 is 12.6 Å². The van der Waals surface area contributed by atoms with Crippen LogP contribution in [0, 0.1) is 5.92 Å². The van der Waals surface area contributed by atoms with Gasteiger partial charge in [0.15, 0.2) is 0 Å². The summed E-state index contributed by atoms with van der Waals surface area (Å²) >= 11 is 0. The molecule has 1 heterocycles. The van der Waals surface area contributed by atoms with Gasteiger partial charge in [-0.15, -0.1) is 0 Å². The van der Waals surface area contributed by atoms with Crippen molar-refractivity contribution in [3.63, 3.8) is 0 Å². The predicted octanol–water partition coefficient (Wildman–Crippen LogP) is 3.46. The van der Waals surface area contributed by atoms with Crippen LogP contribution in [-0.2, 0) is 6.54 Å². The zero-order valence-electron chi connectivity index (χ0n) is 9.58. The number of benzene rings is 1. The van der Waals surface area contributed by atoms with E-state index in [9.17, 15) is 13.2 Å². The van der Waals surface area contributed by atoms with E-state index in [2.05, 4.69) is 4.90 Å². The Labute approximate surface area is 99.2 Å². The Morgan fingerprint density at radius 2 is 1.88 bits per heavy atom. The molecular weight excluding hydrogens is 227 g/mol. The summed E-state index contributed by atoms with van der Waals surface area (Å²) in [5.41, 5.74) is 1.17. The van der Waals surface area contributed by atoms with Crippen LogP contribution in [0.2, 0.25) is 0 Å². The summed E-state index contributed by atoms with van der Waals surface area (Å²) in [4.78, 5) is 2.10. The summed E-state index contributed by atoms with van der Waals surface area (Å²) in [6, 6.07) is 9.88. The highest BCUT2D eigenvalue weighted by Gasteiger charge is 2.35. The van der Waals surface area contributed by atoms with Crippen molar-refractivity contribution in [2.75, 3.05) is 13.1 Å². The average molecular weight is 243 g/mol. The van der Waals surface area contributed by atoms with Gasteiger partial charge >= 0.3 is 6.18 Å². The molecule has 1 atom stereocenters. The first-order chi connectivity index (χ1) is 8.03. The smallest absolute Gasteiger partial charge is 0.299 e. The monoisotopic (exact) mass is 243 g/mol. The lowest BCUT2D eigenvalue weighted by atomic mass is 10.1. The van der Waals surface area contributed by atoms with Crippen LogP contribution in [0.4, 0.5) is 13.2 Å². The molecule has 1 aliphatic rings. The largest absolute Gasteiger partial charge is 0.389 e. The van der Waals surface area contributed by atoms with E-state index in [1.165, 1.54) is 5.56 Å². The number of likely N-dealkylation sites (tertiary alicyclic amines) is 1. The zero-order chi connectivity index (χ0) is 12.3. The lowest BCUT2D eigenvalue weighted by Gasteiger charge is -2.16. The first-order valence-electron chi connectivity index (χ1n) is 5.86. The molecule has 1 nitrogen and oxygen atoms in total. The van der Waals surface area contributed by atoms with Gasteiger partial charge in [-0.2, -0.15) is 13.2 Å². The minimum atomic E-state index is -4.02. The minimum Gasteiger partial charge on any atom is -0.299 e. The van der Waals surface area contributed by atoms with Crippen LogP contribution in [0.1, 0.15) is 18.4 Å². The normalized spacial score (nSPS) is 21.9. The van der Waals surface area contributed by atoms with Crippen LogP contribution in [0.3, 0.4) is 0 Å². The van der Waals surface area contributed by atoms with Crippen molar-refractivity contribution in [3.8, 4) is 0 Å². The summed E-state index contributed by atoms with van der Waals surface area (Å²) in [7, 11) is 0. The summed E-state index contributed by atoms with van der Waals surface area (Å²) < 4.78 is 36.7. The molecule has 1 saturated heterocycles. The van der Waals surface area contributed by atoms with Gasteiger partial charge in [0, 0.05) is 19.5 Å². The molecule has 1 unspecified atom stereocenters. The Morgan fingerprint density at radius 1 is 1.18 bits per heavy atom. The third-order valence-corrected chi connectivity index (χ3v) is 3.14. The quantitative estimate of drug-likeness (QED) is 0.785. The molecule has 0 aromatic heterocycles. The van der Waals surface area contributed by atoms with Crippen molar-refractivity contribution in [2.45, 2.75) is 25.6 Å². The zero-order valence-corrected chi connectivity index (χ0v) is 9.58. The Kier molecular flexibility index (Phi) is 3.72. The molecule has 1 aromatic rings. The second-order valence-electron chi connectivity index (χ2n) is 4.69. The van der Waals surface area contributed by atoms with Crippen LogP contribution in [0.5, 0.6) is 0 Å². The third kappa shape index (κ3) is 4.04. The molecule has 1 aliphatic heterocycles. The van der Waals surface area contributed by atoms with E-state index in [1.54, 1.807) is 0 Å². The van der Waals surface area contributed by atoms with Gasteiger partial charge in [-0.1, -0.05) is 30.3 Å². The summed E-state index contributed by atoms with van der Waals surface area (Å²) in [5, 5.41) is 0. The number of rotatable bonds is 3. The lowest BCUT2D eigenvalue weighted by molar-refractivity contribution is -0.143. The highest BCUT2D eigenvalue weighted by atomic mass is 19.4. The molecule has 2 rings (SSSR count). The van der Waals surface area contributed by atoms with E-state index >= 15 is 0 Å². The van der Waals surface area contributed by atoms with Crippen molar-refractivity contribution in [3.05, 3.63) is 35.9 Å². The molecule has 0 radical (unpaired) electrons. The third-order valence-electron chi connectivity index (χ3n) is 3.14. The topological polar surface area (TPSA) is 3.24 Å². The molecular formula is C13H16F3N. The van der Waals surface area contributed by atoms with Crippen LogP contribution in [0.15, 0.2) is 30.3 Å². The lowest BCUT2D eigenvalue weighted by Crippen LogP contribution is -2.22. The first-order valence-corrected chi connectivity index (χ1v) is 5.86. The standard InChI is InChI=1S/C13H16F3N/c14-13(15,16)8-12-6-7-17(10-12)9-11-4-2-1-3-5-11/h1-5,12H,6-10H2. The Morgan fingerprint density at radius 3 is 2.53 bits per heavy atom. The van der Waals surface area contributed by atoms with Crippen molar-refractivity contribution >= 4 is 0 Å². The molecule has 0 aliphatic carbocycles. The van der Waals surface area contributed by atoms with Gasteiger partial charge < -0.3 is 0 Å². The number of nitrogens with zero attached hydrogens (tertiary/aromatic N) is 1. The molecule has 17 heavy (non-hydrogen) atoms. The first kappa shape index (κ1) is 12.4. The number of hydrogen-bond acceptors (Lipinski definition) is 1. The molecule has 1 aromatic carbocycles. The molecule has 1 fully saturated rings. The van der Waals surface area contributed by atoms with Crippen molar-refractivity contribution < 1.29 is 13.2 Å². The van der Waals surface area contributed by atoms with Gasteiger partial charge in [-0.25, -0.2) is 0 Å². The Balaban J connectivity index is 1.82. The van der Waals surface area contributed by atoms with Gasteiger partial charge in [0.2, 0.25) is 0 Å². The molecule has 0 saturated carbocycles. The van der Waals surface area contributed by atoms with Gasteiger partial charge in [-0.3, -0.25) is 4.90 Å². The fraction of sp³-hybridized carbons (Fsp3) is 0.538. The van der Waals surface area contributed by atoms with Gasteiger partial charge in [0.05, 0.1) is 0 Å². The van der Waals surface area contributed by atoms with E-state index in [1.807, 2.05) is 30.3 Å². The van der Waals surface area contributed by atoms with Crippen LogP contribution in [0.25, 0.3) is 0 Å². The van der Waals surface area contributed by atoms with Crippen LogP contribution in [-0.4, -0.2) is 24.2 Å². The SMILES string of the molecule is FC(F)(F)CC1CCN(Cc2ccccc2)C1. The molecule has 0 bridgehead atoms. The van der Waals surface area contributed by atoms with Crippen molar-refractivity contribution in [1.82, 2.24) is 4.90 Å². The Bertz CT molecular complexity index is 347. The average Bonchev–Trinajstić information content (AvgIpc) is 2.64. The molecule has 4 heteroatoms. The van der Waals surface area contributed by atoms with Gasteiger partial charge in [-0.05, 0) is 24.4 Å². The number of hydrogen-bond donors (Lipinski definition) is 0. The summed E-state index contributed by atoms with van der Waals surface area (Å²) in [6.07, 6.45) is -4.00.